The number of carbonyl (C=O) groups excluding carboxylic acids is 2. The number of aliphatic hydroxyl groups is 1. The quantitative estimate of drug-likeness (QED) is 0.120. The van der Waals surface area contributed by atoms with E-state index in [1.807, 2.05) is 41.8 Å². The Balaban J connectivity index is 1.29. The number of carbonyl (C=O) groups is 3. The standard InChI is InChI=1S/C34H36N6O10S/c1-20(41)27-29-34(2,15-21-4-8-23(9-5-21)39(46)47)30(28(32(43)44)38(29)31(27)42)51-26-14-25(16-36-13-12-35(3)19-36)37(17-26)33(45)50-18-22-6-10-24(11-7-22)40(48)49/h4-13,19-20,25-27,29,41H,14-18H2,1-3H3/p+1/t20-,25+,26+,27-,29+,34-/m1/s1. The van der Waals surface area contributed by atoms with Crippen molar-refractivity contribution < 1.29 is 43.7 Å². The highest BCUT2D eigenvalue weighted by atomic mass is 32.2. The van der Waals surface area contributed by atoms with Crippen LogP contribution in [0.5, 0.6) is 0 Å². The minimum Gasteiger partial charge on any atom is -0.477 e. The second-order valence-corrected chi connectivity index (χ2v) is 14.8. The number of imidazole rings is 1. The Morgan fingerprint density at radius 2 is 1.69 bits per heavy atom. The molecule has 3 aromatic rings. The number of aliphatic hydroxyl groups excluding tert-OH is 1. The molecule has 16 nitrogen and oxygen atoms in total. The second kappa shape index (κ2) is 13.8. The molecule has 0 bridgehead atoms. The number of nitrogens with zero attached hydrogens (tertiary/aromatic N) is 6. The predicted octanol–water partition coefficient (Wildman–Crippen LogP) is 3.41. The zero-order valence-electron chi connectivity index (χ0n) is 28.0. The van der Waals surface area contributed by atoms with Crippen LogP contribution in [0, 0.1) is 31.6 Å². The number of nitro benzene ring substituents is 2. The number of rotatable bonds is 12. The molecule has 0 aliphatic carbocycles. The van der Waals surface area contributed by atoms with Crippen LogP contribution in [-0.4, -0.2) is 82.4 Å². The van der Waals surface area contributed by atoms with E-state index in [9.17, 15) is 44.8 Å². The highest BCUT2D eigenvalue weighted by Crippen LogP contribution is 2.60. The number of β-lactam (4-membered cyclic amide) rings is 1. The fourth-order valence-electron chi connectivity index (χ4n) is 7.48. The second-order valence-electron chi connectivity index (χ2n) is 13.5. The zero-order valence-corrected chi connectivity index (χ0v) is 28.8. The number of carboxylic acids is 1. The number of ether oxygens (including phenoxy) is 1. The summed E-state index contributed by atoms with van der Waals surface area (Å²) in [6, 6.07) is 10.6. The number of carboxylic acid groups (broad SMARTS) is 1. The van der Waals surface area contributed by atoms with Crippen molar-refractivity contribution in [2.24, 2.45) is 18.4 Å². The number of aromatic nitrogens is 2. The van der Waals surface area contributed by atoms with Gasteiger partial charge in [-0.3, -0.25) is 25.0 Å². The lowest BCUT2D eigenvalue weighted by Crippen LogP contribution is -2.66. The van der Waals surface area contributed by atoms with Crippen LogP contribution in [-0.2, 0) is 40.9 Å². The van der Waals surface area contributed by atoms with Crippen LogP contribution in [0.15, 0.2) is 77.9 Å². The Bertz CT molecular complexity index is 1910. The molecule has 4 heterocycles. The van der Waals surface area contributed by atoms with Crippen LogP contribution in [0.4, 0.5) is 16.2 Å². The van der Waals surface area contributed by atoms with E-state index in [1.54, 1.807) is 17.0 Å². The molecule has 3 aliphatic heterocycles. The molecule has 0 saturated carbocycles. The molecular weight excluding hydrogens is 684 g/mol. The summed E-state index contributed by atoms with van der Waals surface area (Å²) in [4.78, 5) is 64.5. The molecule has 51 heavy (non-hydrogen) atoms. The first-order valence-corrected chi connectivity index (χ1v) is 17.1. The first-order valence-electron chi connectivity index (χ1n) is 16.2. The monoisotopic (exact) mass is 721 g/mol. The lowest BCUT2D eigenvalue weighted by Gasteiger charge is -2.51. The predicted molar refractivity (Wildman–Crippen MR) is 181 cm³/mol. The number of nitro groups is 2. The summed E-state index contributed by atoms with van der Waals surface area (Å²) in [6.07, 6.45) is 4.66. The van der Waals surface area contributed by atoms with Crippen molar-refractivity contribution in [3.63, 3.8) is 0 Å². The number of hydrogen-bond donors (Lipinski definition) is 2. The van der Waals surface area contributed by atoms with Gasteiger partial charge in [-0.05, 0) is 43.0 Å². The van der Waals surface area contributed by atoms with Crippen LogP contribution >= 0.6 is 11.8 Å². The van der Waals surface area contributed by atoms with Gasteiger partial charge in [0.25, 0.3) is 11.4 Å². The minimum atomic E-state index is -1.29. The van der Waals surface area contributed by atoms with E-state index < -0.39 is 51.3 Å². The maximum Gasteiger partial charge on any atom is 0.410 e. The minimum absolute atomic E-state index is 0.0850. The first-order chi connectivity index (χ1) is 24.2. The molecule has 0 unspecified atom stereocenters. The topological polar surface area (TPSA) is 202 Å². The fourth-order valence-corrected chi connectivity index (χ4v) is 9.12. The van der Waals surface area contributed by atoms with E-state index in [2.05, 4.69) is 0 Å². The SMILES string of the molecule is C[C@@H](O)[C@H]1C(=O)N2C(C(=O)O)=C(S[C@H]3C[C@@H](Cn4cc[n+](C)c4)N(C(=O)OCc4ccc([N+](=O)[O-])cc4)C3)[C@](C)(Cc3ccc([N+](=O)[O-])cc3)[C@H]12. The largest absolute Gasteiger partial charge is 0.477 e. The van der Waals surface area contributed by atoms with Gasteiger partial charge in [0.1, 0.15) is 31.2 Å². The van der Waals surface area contributed by atoms with Gasteiger partial charge in [0.15, 0.2) is 0 Å². The van der Waals surface area contributed by atoms with Crippen molar-refractivity contribution in [3.05, 3.63) is 109 Å². The summed E-state index contributed by atoms with van der Waals surface area (Å²) in [6.45, 7) is 3.86. The summed E-state index contributed by atoms with van der Waals surface area (Å²) in [5, 5.41) is 43.2. The van der Waals surface area contributed by atoms with Crippen LogP contribution in [0.1, 0.15) is 31.4 Å². The average molecular weight is 722 g/mol. The molecule has 2 aromatic carbocycles. The highest BCUT2D eigenvalue weighted by Gasteiger charge is 2.66. The number of aryl methyl sites for hydroxylation is 1. The molecule has 268 valence electrons. The van der Waals surface area contributed by atoms with Crippen molar-refractivity contribution in [3.8, 4) is 0 Å². The number of amides is 2. The van der Waals surface area contributed by atoms with E-state index >= 15 is 0 Å². The Hall–Kier alpha value is -5.29. The molecule has 0 spiro atoms. The molecule has 6 rings (SSSR count). The van der Waals surface area contributed by atoms with Gasteiger partial charge >= 0.3 is 12.1 Å². The first kappa shape index (κ1) is 35.5. The molecule has 6 atom stereocenters. The van der Waals surface area contributed by atoms with Crippen LogP contribution in [0.2, 0.25) is 0 Å². The zero-order chi connectivity index (χ0) is 36.8. The van der Waals surface area contributed by atoms with Gasteiger partial charge in [-0.15, -0.1) is 11.8 Å². The summed E-state index contributed by atoms with van der Waals surface area (Å²) in [7, 11) is 1.87. The van der Waals surface area contributed by atoms with Gasteiger partial charge in [-0.2, -0.15) is 0 Å². The van der Waals surface area contributed by atoms with Crippen molar-refractivity contribution in [1.29, 1.82) is 0 Å². The molecule has 0 radical (unpaired) electrons. The summed E-state index contributed by atoms with van der Waals surface area (Å²) >= 11 is 1.30. The number of likely N-dealkylation sites (tertiary alicyclic amines) is 1. The smallest absolute Gasteiger partial charge is 0.410 e. The number of aliphatic carboxylic acids is 1. The van der Waals surface area contributed by atoms with E-state index in [-0.39, 0.29) is 47.9 Å². The third-order valence-corrected chi connectivity index (χ3v) is 11.4. The third-order valence-electron chi connectivity index (χ3n) is 9.86. The van der Waals surface area contributed by atoms with E-state index in [0.717, 1.165) is 0 Å². The Morgan fingerprint density at radius 1 is 1.08 bits per heavy atom. The molecule has 17 heteroatoms. The number of thioether (sulfide) groups is 1. The maximum absolute atomic E-state index is 13.6. The van der Waals surface area contributed by atoms with E-state index in [0.29, 0.717) is 29.0 Å². The Morgan fingerprint density at radius 3 is 2.22 bits per heavy atom. The van der Waals surface area contributed by atoms with Gasteiger partial charge in [-0.25, -0.2) is 18.7 Å². The van der Waals surface area contributed by atoms with Gasteiger partial charge in [-0.1, -0.05) is 19.1 Å². The molecule has 3 aliphatic rings. The van der Waals surface area contributed by atoms with Crippen LogP contribution in [0.25, 0.3) is 0 Å². The third kappa shape index (κ3) is 6.78. The van der Waals surface area contributed by atoms with E-state index in [4.69, 9.17) is 4.74 Å². The number of non-ortho nitro benzene ring substituents is 2. The molecular formula is C34H37N6O10S+. The van der Waals surface area contributed by atoms with Crippen molar-refractivity contribution in [1.82, 2.24) is 14.4 Å². The molecule has 2 amide bonds. The van der Waals surface area contributed by atoms with Gasteiger partial charge in [0.05, 0.1) is 41.0 Å². The molecule has 1 aromatic heterocycles. The Kier molecular flexibility index (Phi) is 9.61. The normalized spacial score (nSPS) is 24.7. The summed E-state index contributed by atoms with van der Waals surface area (Å²) < 4.78 is 9.47. The van der Waals surface area contributed by atoms with Crippen molar-refractivity contribution in [2.45, 2.75) is 63.3 Å². The average Bonchev–Trinajstić information content (AvgIpc) is 3.73. The number of fused-ring (bicyclic) bond motifs is 1. The van der Waals surface area contributed by atoms with Crippen LogP contribution < -0.4 is 4.57 Å². The molecule has 2 fully saturated rings. The van der Waals surface area contributed by atoms with Crippen molar-refractivity contribution in [2.75, 3.05) is 6.54 Å². The lowest BCUT2D eigenvalue weighted by atomic mass is 9.67. The maximum atomic E-state index is 13.6. The van der Waals surface area contributed by atoms with Gasteiger partial charge in [0.2, 0.25) is 12.2 Å². The van der Waals surface area contributed by atoms with Crippen LogP contribution in [0.3, 0.4) is 0 Å². The summed E-state index contributed by atoms with van der Waals surface area (Å²) in [5.41, 5.74) is -0.0696. The highest BCUT2D eigenvalue weighted by molar-refractivity contribution is 8.03. The fraction of sp³-hybridized carbons (Fsp3) is 0.412. The van der Waals surface area contributed by atoms with Gasteiger partial charge < -0.3 is 24.7 Å². The number of benzene rings is 2. The Labute approximate surface area is 296 Å². The summed E-state index contributed by atoms with van der Waals surface area (Å²) in [5.74, 6) is -2.63. The van der Waals surface area contributed by atoms with Gasteiger partial charge in [0, 0.05) is 46.4 Å². The number of hydrogen-bond acceptors (Lipinski definition) is 10. The lowest BCUT2D eigenvalue weighted by molar-refractivity contribution is -0.671. The molecule has 2 N–H and O–H groups in total. The van der Waals surface area contributed by atoms with Crippen molar-refractivity contribution >= 4 is 41.1 Å². The molecule has 2 saturated heterocycles. The van der Waals surface area contributed by atoms with E-state index in [1.165, 1.54) is 60.0 Å².